The number of hydrogen-bond donors (Lipinski definition) is 1. The van der Waals surface area contributed by atoms with Gasteiger partial charge >= 0.3 is 0 Å². The number of anilines is 1. The lowest BCUT2D eigenvalue weighted by molar-refractivity contribution is 0.573. The molecule has 0 aliphatic heterocycles. The Bertz CT molecular complexity index is 551. The number of hydrogen-bond acceptors (Lipinski definition) is 2. The summed E-state index contributed by atoms with van der Waals surface area (Å²) in [6.45, 7) is 3.96. The Morgan fingerprint density at radius 2 is 2.18 bits per heavy atom. The van der Waals surface area contributed by atoms with Gasteiger partial charge in [-0.25, -0.2) is 4.68 Å². The third kappa shape index (κ3) is 2.33. The summed E-state index contributed by atoms with van der Waals surface area (Å²) < 4.78 is 2.74. The molecule has 2 N–H and O–H groups in total. The first kappa shape index (κ1) is 12.5. The van der Waals surface area contributed by atoms with E-state index in [1.165, 1.54) is 0 Å². The molecule has 3 nitrogen and oxygen atoms in total. The summed E-state index contributed by atoms with van der Waals surface area (Å²) in [5, 5.41) is 4.98. The maximum atomic E-state index is 6.22. The average molecular weight is 315 g/mol. The number of rotatable bonds is 2. The molecule has 1 atom stereocenters. The van der Waals surface area contributed by atoms with Crippen molar-refractivity contribution in [2.24, 2.45) is 0 Å². The molecule has 1 aromatic heterocycles. The fourth-order valence-corrected chi connectivity index (χ4v) is 2.57. The van der Waals surface area contributed by atoms with E-state index in [-0.39, 0.29) is 6.04 Å². The summed E-state index contributed by atoms with van der Waals surface area (Å²) >= 11 is 9.61. The standard InChI is InChI=1S/C12H13BrClN3/c1-7-6-16-17(12(7)15)8(2)10-4-3-9(13)5-11(10)14/h3-6,8H,15H2,1-2H3. The molecule has 1 aromatic carbocycles. The molecular weight excluding hydrogens is 302 g/mol. The second kappa shape index (κ2) is 4.70. The zero-order valence-corrected chi connectivity index (χ0v) is 12.0. The van der Waals surface area contributed by atoms with Gasteiger partial charge in [-0.15, -0.1) is 0 Å². The molecular formula is C12H13BrClN3. The van der Waals surface area contributed by atoms with Gasteiger partial charge in [0.25, 0.3) is 0 Å². The van der Waals surface area contributed by atoms with Gasteiger partial charge in [0, 0.05) is 15.1 Å². The highest BCUT2D eigenvalue weighted by molar-refractivity contribution is 9.10. The number of nitrogen functional groups attached to an aromatic ring is 1. The van der Waals surface area contributed by atoms with Gasteiger partial charge in [0.2, 0.25) is 0 Å². The molecule has 0 radical (unpaired) electrons. The van der Waals surface area contributed by atoms with Crippen molar-refractivity contribution in [3.63, 3.8) is 0 Å². The van der Waals surface area contributed by atoms with E-state index in [2.05, 4.69) is 21.0 Å². The van der Waals surface area contributed by atoms with Crippen LogP contribution in [0.3, 0.4) is 0 Å². The minimum atomic E-state index is 0.0179. The lowest BCUT2D eigenvalue weighted by Gasteiger charge is -2.16. The van der Waals surface area contributed by atoms with Crippen molar-refractivity contribution in [2.75, 3.05) is 5.73 Å². The summed E-state index contributed by atoms with van der Waals surface area (Å²) in [6, 6.07) is 5.84. The van der Waals surface area contributed by atoms with Crippen molar-refractivity contribution in [3.8, 4) is 0 Å². The second-order valence-electron chi connectivity index (χ2n) is 4.00. The molecule has 2 aromatic rings. The van der Waals surface area contributed by atoms with Crippen molar-refractivity contribution in [1.29, 1.82) is 0 Å². The molecule has 2 rings (SSSR count). The lowest BCUT2D eigenvalue weighted by atomic mass is 10.1. The van der Waals surface area contributed by atoms with E-state index >= 15 is 0 Å². The maximum Gasteiger partial charge on any atom is 0.125 e. The molecule has 0 spiro atoms. The predicted molar refractivity (Wildman–Crippen MR) is 74.3 cm³/mol. The summed E-state index contributed by atoms with van der Waals surface area (Å²) in [7, 11) is 0. The SMILES string of the molecule is Cc1cnn(C(C)c2ccc(Br)cc2Cl)c1N. The number of nitrogens with zero attached hydrogens (tertiary/aromatic N) is 2. The van der Waals surface area contributed by atoms with E-state index in [1.54, 1.807) is 10.9 Å². The van der Waals surface area contributed by atoms with E-state index in [0.717, 1.165) is 15.6 Å². The Hall–Kier alpha value is -1.00. The molecule has 0 aliphatic rings. The highest BCUT2D eigenvalue weighted by Gasteiger charge is 2.15. The summed E-state index contributed by atoms with van der Waals surface area (Å²) in [5.41, 5.74) is 7.95. The number of halogens is 2. The zero-order chi connectivity index (χ0) is 12.6. The minimum absolute atomic E-state index is 0.0179. The Balaban J connectivity index is 2.43. The Morgan fingerprint density at radius 1 is 1.47 bits per heavy atom. The molecule has 0 aliphatic carbocycles. The third-order valence-corrected chi connectivity index (χ3v) is 3.63. The smallest absolute Gasteiger partial charge is 0.125 e. The summed E-state index contributed by atoms with van der Waals surface area (Å²) in [4.78, 5) is 0. The number of aromatic nitrogens is 2. The van der Waals surface area contributed by atoms with Gasteiger partial charge in [-0.2, -0.15) is 5.10 Å². The van der Waals surface area contributed by atoms with E-state index < -0.39 is 0 Å². The first-order valence-electron chi connectivity index (χ1n) is 5.25. The van der Waals surface area contributed by atoms with Gasteiger partial charge in [-0.05, 0) is 31.5 Å². The van der Waals surface area contributed by atoms with Crippen LogP contribution < -0.4 is 5.73 Å². The zero-order valence-electron chi connectivity index (χ0n) is 9.61. The third-order valence-electron chi connectivity index (χ3n) is 2.81. The molecule has 0 bridgehead atoms. The van der Waals surface area contributed by atoms with Crippen molar-refractivity contribution in [3.05, 3.63) is 45.0 Å². The second-order valence-corrected chi connectivity index (χ2v) is 5.32. The van der Waals surface area contributed by atoms with Gasteiger partial charge in [0.05, 0.1) is 12.2 Å². The first-order chi connectivity index (χ1) is 8.00. The largest absolute Gasteiger partial charge is 0.384 e. The van der Waals surface area contributed by atoms with Gasteiger partial charge in [0.1, 0.15) is 5.82 Å². The van der Waals surface area contributed by atoms with Crippen molar-refractivity contribution in [1.82, 2.24) is 9.78 Å². The highest BCUT2D eigenvalue weighted by Crippen LogP contribution is 2.30. The lowest BCUT2D eigenvalue weighted by Crippen LogP contribution is -2.12. The normalized spacial score (nSPS) is 12.7. The van der Waals surface area contributed by atoms with Gasteiger partial charge < -0.3 is 5.73 Å². The molecule has 17 heavy (non-hydrogen) atoms. The summed E-state index contributed by atoms with van der Waals surface area (Å²) in [6.07, 6.45) is 1.76. The average Bonchev–Trinajstić information content (AvgIpc) is 2.59. The quantitative estimate of drug-likeness (QED) is 0.916. The van der Waals surface area contributed by atoms with Crippen LogP contribution >= 0.6 is 27.5 Å². The van der Waals surface area contributed by atoms with Crippen molar-refractivity contribution in [2.45, 2.75) is 19.9 Å². The van der Waals surface area contributed by atoms with Crippen LogP contribution in [0.2, 0.25) is 5.02 Å². The van der Waals surface area contributed by atoms with Crippen LogP contribution in [0.25, 0.3) is 0 Å². The maximum absolute atomic E-state index is 6.22. The Labute approximate surface area is 114 Å². The van der Waals surface area contributed by atoms with Gasteiger partial charge in [-0.1, -0.05) is 33.6 Å². The van der Waals surface area contributed by atoms with Crippen LogP contribution in [0.5, 0.6) is 0 Å². The molecule has 0 saturated heterocycles. The molecule has 0 fully saturated rings. The van der Waals surface area contributed by atoms with Gasteiger partial charge in [0.15, 0.2) is 0 Å². The fourth-order valence-electron chi connectivity index (χ4n) is 1.74. The molecule has 90 valence electrons. The first-order valence-corrected chi connectivity index (χ1v) is 6.42. The van der Waals surface area contributed by atoms with Crippen LogP contribution in [-0.4, -0.2) is 9.78 Å². The van der Waals surface area contributed by atoms with Crippen molar-refractivity contribution >= 4 is 33.3 Å². The molecule has 1 heterocycles. The fraction of sp³-hybridized carbons (Fsp3) is 0.250. The molecule has 0 saturated carbocycles. The van der Waals surface area contributed by atoms with Crippen molar-refractivity contribution < 1.29 is 0 Å². The topological polar surface area (TPSA) is 43.8 Å². The van der Waals surface area contributed by atoms with E-state index in [9.17, 15) is 0 Å². The number of benzene rings is 1. The highest BCUT2D eigenvalue weighted by atomic mass is 79.9. The molecule has 1 unspecified atom stereocenters. The Kier molecular flexibility index (Phi) is 3.45. The predicted octanol–water partition coefficient (Wildman–Crippen LogP) is 3.80. The summed E-state index contributed by atoms with van der Waals surface area (Å²) in [5.74, 6) is 0.677. The van der Waals surface area contributed by atoms with E-state index in [1.807, 2.05) is 32.0 Å². The van der Waals surface area contributed by atoms with Crippen LogP contribution in [0.4, 0.5) is 5.82 Å². The van der Waals surface area contributed by atoms with E-state index in [4.69, 9.17) is 17.3 Å². The van der Waals surface area contributed by atoms with Crippen LogP contribution in [0.15, 0.2) is 28.9 Å². The monoisotopic (exact) mass is 313 g/mol. The van der Waals surface area contributed by atoms with Crippen LogP contribution in [0, 0.1) is 6.92 Å². The molecule has 5 heteroatoms. The number of nitrogens with two attached hydrogens (primary N) is 1. The Morgan fingerprint density at radius 3 is 2.71 bits per heavy atom. The van der Waals surface area contributed by atoms with Crippen LogP contribution in [-0.2, 0) is 0 Å². The van der Waals surface area contributed by atoms with Crippen LogP contribution in [0.1, 0.15) is 24.1 Å². The number of aryl methyl sites for hydroxylation is 1. The van der Waals surface area contributed by atoms with E-state index in [0.29, 0.717) is 10.8 Å². The molecule has 0 amide bonds. The van der Waals surface area contributed by atoms with Gasteiger partial charge in [-0.3, -0.25) is 0 Å². The minimum Gasteiger partial charge on any atom is -0.384 e.